The van der Waals surface area contributed by atoms with E-state index in [1.54, 1.807) is 0 Å². The van der Waals surface area contributed by atoms with Crippen molar-refractivity contribution in [2.75, 3.05) is 19.8 Å². The molecule has 0 saturated carbocycles. The van der Waals surface area contributed by atoms with Gasteiger partial charge < -0.3 is 9.84 Å². The minimum Gasteiger partial charge on any atom is -0.480 e. The van der Waals surface area contributed by atoms with Crippen molar-refractivity contribution < 1.29 is 14.6 Å². The van der Waals surface area contributed by atoms with Gasteiger partial charge in [0.05, 0.1) is 13.2 Å². The van der Waals surface area contributed by atoms with Crippen molar-refractivity contribution in [3.8, 4) is 0 Å². The molecule has 17 heavy (non-hydrogen) atoms. The molecule has 1 aliphatic rings. The highest BCUT2D eigenvalue weighted by atomic mass is 79.9. The maximum absolute atomic E-state index is 11.1. The Balaban J connectivity index is 2.07. The van der Waals surface area contributed by atoms with Crippen LogP contribution < -0.4 is 0 Å². The van der Waals surface area contributed by atoms with E-state index in [1.807, 2.05) is 11.0 Å². The summed E-state index contributed by atoms with van der Waals surface area (Å²) in [5, 5.41) is 9.09. The number of thiophene rings is 1. The average molecular weight is 341 g/mol. The van der Waals surface area contributed by atoms with E-state index in [0.717, 1.165) is 9.35 Å². The fourth-order valence-electron chi connectivity index (χ4n) is 1.72. The monoisotopic (exact) mass is 339 g/mol. The van der Waals surface area contributed by atoms with Crippen molar-refractivity contribution in [3.05, 3.63) is 19.8 Å². The van der Waals surface area contributed by atoms with Gasteiger partial charge in [0.25, 0.3) is 0 Å². The number of morpholine rings is 1. The van der Waals surface area contributed by atoms with Crippen LogP contribution in [0.5, 0.6) is 0 Å². The quantitative estimate of drug-likeness (QED) is 0.918. The van der Waals surface area contributed by atoms with Gasteiger partial charge >= 0.3 is 5.97 Å². The average Bonchev–Trinajstić information content (AvgIpc) is 2.58. The van der Waals surface area contributed by atoms with Crippen molar-refractivity contribution >= 4 is 44.8 Å². The van der Waals surface area contributed by atoms with Gasteiger partial charge in [-0.2, -0.15) is 0 Å². The van der Waals surface area contributed by atoms with E-state index in [0.29, 0.717) is 24.0 Å². The molecule has 0 radical (unpaired) electrons. The Morgan fingerprint density at radius 2 is 2.53 bits per heavy atom. The maximum Gasteiger partial charge on any atom is 0.323 e. The number of carboxylic acids is 1. The summed E-state index contributed by atoms with van der Waals surface area (Å²) in [5.74, 6) is -0.841. The molecule has 0 aromatic carbocycles. The van der Waals surface area contributed by atoms with Crippen LogP contribution in [0.4, 0.5) is 0 Å². The predicted octanol–water partition coefficient (Wildman–Crippen LogP) is 2.45. The van der Waals surface area contributed by atoms with Crippen LogP contribution in [-0.4, -0.2) is 41.8 Å². The third-order valence-electron chi connectivity index (χ3n) is 2.58. The zero-order valence-electron chi connectivity index (χ0n) is 8.86. The number of hydrogen-bond acceptors (Lipinski definition) is 4. The molecule has 4 nitrogen and oxygen atoms in total. The molecule has 0 bridgehead atoms. The fraction of sp³-hybridized carbons (Fsp3) is 0.500. The molecular formula is C10H11BrClNO3S. The number of hydrogen-bond donors (Lipinski definition) is 1. The number of carboxylic acid groups (broad SMARTS) is 1. The van der Waals surface area contributed by atoms with E-state index < -0.39 is 12.0 Å². The van der Waals surface area contributed by atoms with Crippen LogP contribution in [0.2, 0.25) is 4.34 Å². The van der Waals surface area contributed by atoms with Crippen LogP contribution >= 0.6 is 38.9 Å². The third kappa shape index (κ3) is 3.20. The van der Waals surface area contributed by atoms with Gasteiger partial charge in [-0.15, -0.1) is 11.3 Å². The van der Waals surface area contributed by atoms with E-state index in [-0.39, 0.29) is 6.61 Å². The van der Waals surface area contributed by atoms with Gasteiger partial charge in [0.15, 0.2) is 0 Å². The Bertz CT molecular complexity index is 406. The summed E-state index contributed by atoms with van der Waals surface area (Å²) in [6.07, 6.45) is 0. The SMILES string of the molecule is O=C(O)C1COCCN1Cc1cc(Br)c(Cl)s1. The molecule has 0 spiro atoms. The summed E-state index contributed by atoms with van der Waals surface area (Å²) in [6.45, 7) is 2.04. The second-order valence-corrected chi connectivity index (χ2v) is 6.33. The number of halogens is 2. The molecule has 2 rings (SSSR count). The summed E-state index contributed by atoms with van der Waals surface area (Å²) in [7, 11) is 0. The Kier molecular flexibility index (Phi) is 4.43. The van der Waals surface area contributed by atoms with Gasteiger partial charge in [0.1, 0.15) is 10.4 Å². The molecule has 1 atom stereocenters. The highest BCUT2D eigenvalue weighted by molar-refractivity contribution is 9.10. The summed E-state index contributed by atoms with van der Waals surface area (Å²) in [6, 6.07) is 1.37. The molecule has 1 aromatic heterocycles. The second kappa shape index (κ2) is 5.67. The maximum atomic E-state index is 11.1. The molecule has 1 unspecified atom stereocenters. The molecule has 1 aromatic rings. The van der Waals surface area contributed by atoms with Crippen LogP contribution in [0.3, 0.4) is 0 Å². The van der Waals surface area contributed by atoms with Crippen LogP contribution in [0.1, 0.15) is 4.88 Å². The smallest absolute Gasteiger partial charge is 0.323 e. The molecule has 0 amide bonds. The summed E-state index contributed by atoms with van der Waals surface area (Å²) >= 11 is 10.8. The van der Waals surface area contributed by atoms with Crippen molar-refractivity contribution in [3.63, 3.8) is 0 Å². The van der Waals surface area contributed by atoms with Crippen molar-refractivity contribution in [2.24, 2.45) is 0 Å². The lowest BCUT2D eigenvalue weighted by atomic mass is 10.2. The zero-order valence-corrected chi connectivity index (χ0v) is 12.0. The number of carbonyl (C=O) groups is 1. The van der Waals surface area contributed by atoms with E-state index in [2.05, 4.69) is 15.9 Å². The lowest BCUT2D eigenvalue weighted by Gasteiger charge is -2.32. The molecule has 1 N–H and O–H groups in total. The van der Waals surface area contributed by atoms with E-state index in [9.17, 15) is 4.79 Å². The minimum atomic E-state index is -0.841. The molecule has 1 fully saturated rings. The lowest BCUT2D eigenvalue weighted by Crippen LogP contribution is -2.49. The molecule has 1 saturated heterocycles. The van der Waals surface area contributed by atoms with Gasteiger partial charge in [-0.3, -0.25) is 9.69 Å². The second-order valence-electron chi connectivity index (χ2n) is 3.73. The normalized spacial score (nSPS) is 21.6. The predicted molar refractivity (Wildman–Crippen MR) is 69.7 cm³/mol. The van der Waals surface area contributed by atoms with E-state index >= 15 is 0 Å². The van der Waals surface area contributed by atoms with Crippen LogP contribution in [0.15, 0.2) is 10.5 Å². The first-order valence-corrected chi connectivity index (χ1v) is 7.05. The van der Waals surface area contributed by atoms with Crippen molar-refractivity contribution in [1.29, 1.82) is 0 Å². The van der Waals surface area contributed by atoms with Gasteiger partial charge in [-0.05, 0) is 22.0 Å². The van der Waals surface area contributed by atoms with E-state index in [4.69, 9.17) is 21.4 Å². The van der Waals surface area contributed by atoms with Gasteiger partial charge in [0.2, 0.25) is 0 Å². The molecule has 7 heteroatoms. The first-order chi connectivity index (χ1) is 8.08. The summed E-state index contributed by atoms with van der Waals surface area (Å²) in [4.78, 5) is 14.0. The number of rotatable bonds is 3. The largest absolute Gasteiger partial charge is 0.480 e. The standard InChI is InChI=1S/C10H11BrClNO3S/c11-7-3-6(17-9(7)12)4-13-1-2-16-5-8(13)10(14)15/h3,8H,1-2,4-5H2,(H,14,15). The van der Waals surface area contributed by atoms with Crippen LogP contribution in [-0.2, 0) is 16.1 Å². The van der Waals surface area contributed by atoms with Gasteiger partial charge in [-0.1, -0.05) is 11.6 Å². The first kappa shape index (κ1) is 13.3. The Morgan fingerprint density at radius 3 is 3.12 bits per heavy atom. The molecule has 0 aliphatic carbocycles. The first-order valence-electron chi connectivity index (χ1n) is 5.06. The lowest BCUT2D eigenvalue weighted by molar-refractivity contribution is -0.150. The number of nitrogens with zero attached hydrogens (tertiary/aromatic N) is 1. The van der Waals surface area contributed by atoms with Crippen LogP contribution in [0.25, 0.3) is 0 Å². The third-order valence-corrected chi connectivity index (χ3v) is 5.04. The Labute approximate surface area is 116 Å². The van der Waals surface area contributed by atoms with E-state index in [1.165, 1.54) is 11.3 Å². The van der Waals surface area contributed by atoms with Gasteiger partial charge in [-0.25, -0.2) is 0 Å². The summed E-state index contributed by atoms with van der Waals surface area (Å²) < 4.78 is 6.74. The summed E-state index contributed by atoms with van der Waals surface area (Å²) in [5.41, 5.74) is 0. The van der Waals surface area contributed by atoms with Crippen molar-refractivity contribution in [2.45, 2.75) is 12.6 Å². The Hall–Kier alpha value is -0.140. The number of ether oxygens (including phenoxy) is 1. The highest BCUT2D eigenvalue weighted by Crippen LogP contribution is 2.33. The highest BCUT2D eigenvalue weighted by Gasteiger charge is 2.29. The molecular weight excluding hydrogens is 330 g/mol. The van der Waals surface area contributed by atoms with Crippen molar-refractivity contribution in [1.82, 2.24) is 4.90 Å². The molecule has 2 heterocycles. The minimum absolute atomic E-state index is 0.246. The topological polar surface area (TPSA) is 49.8 Å². The molecule has 94 valence electrons. The van der Waals surface area contributed by atoms with Crippen LogP contribution in [0, 0.1) is 0 Å². The number of aliphatic carboxylic acids is 1. The fourth-order valence-corrected chi connectivity index (χ4v) is 3.54. The van der Waals surface area contributed by atoms with Gasteiger partial charge in [0, 0.05) is 22.4 Å². The zero-order chi connectivity index (χ0) is 12.4. The Morgan fingerprint density at radius 1 is 1.76 bits per heavy atom. The molecule has 1 aliphatic heterocycles.